The summed E-state index contributed by atoms with van der Waals surface area (Å²) in [7, 11) is -3.14. The molecule has 1 aliphatic heterocycles. The lowest BCUT2D eigenvalue weighted by Crippen LogP contribution is -2.47. The summed E-state index contributed by atoms with van der Waals surface area (Å²) in [5.41, 5.74) is 0. The highest BCUT2D eigenvalue weighted by Gasteiger charge is 2.28. The van der Waals surface area contributed by atoms with Crippen LogP contribution in [0.4, 0.5) is 13.2 Å². The smallest absolute Gasteiger partial charge is 0.351 e. The molecule has 9 heteroatoms. The molecule has 1 aliphatic rings. The maximum atomic E-state index is 11.8. The standard InChI is InChI=1S/C9H15F3N2O3S/c10-9(11,12)6-13-4-8(15)14-7-2-1-3-18(16,17)5-7/h7,13H,1-6H2,(H,14,15). The lowest BCUT2D eigenvalue weighted by molar-refractivity contribution is -0.128. The first-order chi connectivity index (χ1) is 8.18. The topological polar surface area (TPSA) is 75.3 Å². The Morgan fingerprint density at radius 1 is 1.33 bits per heavy atom. The van der Waals surface area contributed by atoms with Crippen LogP contribution in [0.2, 0.25) is 0 Å². The molecule has 5 nitrogen and oxygen atoms in total. The van der Waals surface area contributed by atoms with Crippen LogP contribution in [-0.2, 0) is 14.6 Å². The second kappa shape index (κ2) is 5.87. The van der Waals surface area contributed by atoms with Crippen molar-refractivity contribution in [3.05, 3.63) is 0 Å². The molecule has 0 spiro atoms. The number of alkyl halides is 3. The van der Waals surface area contributed by atoms with E-state index in [4.69, 9.17) is 0 Å². The van der Waals surface area contributed by atoms with Crippen molar-refractivity contribution in [1.29, 1.82) is 0 Å². The number of hydrogen-bond acceptors (Lipinski definition) is 4. The fraction of sp³-hybridized carbons (Fsp3) is 0.889. The third-order valence-electron chi connectivity index (χ3n) is 2.44. The molecule has 2 N–H and O–H groups in total. The molecular weight excluding hydrogens is 273 g/mol. The van der Waals surface area contributed by atoms with Gasteiger partial charge in [-0.1, -0.05) is 0 Å². The van der Waals surface area contributed by atoms with Crippen LogP contribution in [0.15, 0.2) is 0 Å². The molecule has 0 radical (unpaired) electrons. The summed E-state index contributed by atoms with van der Waals surface area (Å²) in [5, 5.41) is 4.36. The molecule has 0 aliphatic carbocycles. The van der Waals surface area contributed by atoms with Gasteiger partial charge in [0.1, 0.15) is 0 Å². The van der Waals surface area contributed by atoms with Gasteiger partial charge in [-0.3, -0.25) is 4.79 Å². The molecular formula is C9H15F3N2O3S. The number of carbonyl (C=O) groups excluding carboxylic acids is 1. The molecule has 1 rings (SSSR count). The number of rotatable bonds is 4. The normalized spacial score (nSPS) is 23.6. The fourth-order valence-electron chi connectivity index (χ4n) is 1.73. The molecule has 0 aromatic rings. The maximum Gasteiger partial charge on any atom is 0.401 e. The van der Waals surface area contributed by atoms with E-state index in [-0.39, 0.29) is 11.5 Å². The van der Waals surface area contributed by atoms with Crippen LogP contribution in [0.25, 0.3) is 0 Å². The van der Waals surface area contributed by atoms with Crippen molar-refractivity contribution in [2.45, 2.75) is 25.1 Å². The van der Waals surface area contributed by atoms with E-state index < -0.39 is 41.1 Å². The molecule has 1 atom stereocenters. The van der Waals surface area contributed by atoms with Crippen molar-refractivity contribution in [1.82, 2.24) is 10.6 Å². The number of nitrogens with one attached hydrogen (secondary N) is 2. The largest absolute Gasteiger partial charge is 0.401 e. The van der Waals surface area contributed by atoms with Gasteiger partial charge in [0.05, 0.1) is 24.6 Å². The van der Waals surface area contributed by atoms with Gasteiger partial charge in [-0.15, -0.1) is 0 Å². The minimum atomic E-state index is -4.37. The predicted octanol–water partition coefficient (Wildman–Crippen LogP) is -0.168. The van der Waals surface area contributed by atoms with Gasteiger partial charge in [-0.05, 0) is 12.8 Å². The fourth-order valence-corrected chi connectivity index (χ4v) is 3.37. The SMILES string of the molecule is O=C(CNCC(F)(F)F)NC1CCCS(=O)(=O)C1. The highest BCUT2D eigenvalue weighted by atomic mass is 32.2. The van der Waals surface area contributed by atoms with Crippen molar-refractivity contribution in [3.63, 3.8) is 0 Å². The molecule has 0 bridgehead atoms. The first-order valence-electron chi connectivity index (χ1n) is 5.45. The Balaban J connectivity index is 2.28. The van der Waals surface area contributed by atoms with Gasteiger partial charge < -0.3 is 10.6 Å². The number of carbonyl (C=O) groups is 1. The number of halogens is 3. The predicted molar refractivity (Wildman–Crippen MR) is 58.7 cm³/mol. The van der Waals surface area contributed by atoms with E-state index in [9.17, 15) is 26.4 Å². The Kier molecular flexibility index (Phi) is 4.97. The summed E-state index contributed by atoms with van der Waals surface area (Å²) in [5.74, 6) is -0.662. The van der Waals surface area contributed by atoms with Crippen LogP contribution < -0.4 is 10.6 Å². The van der Waals surface area contributed by atoms with E-state index >= 15 is 0 Å². The van der Waals surface area contributed by atoms with E-state index in [1.54, 1.807) is 0 Å². The second-order valence-electron chi connectivity index (χ2n) is 4.24. The number of sulfone groups is 1. The van der Waals surface area contributed by atoms with E-state index in [1.165, 1.54) is 0 Å². The van der Waals surface area contributed by atoms with Crippen LogP contribution in [-0.4, -0.2) is 51.1 Å². The second-order valence-corrected chi connectivity index (χ2v) is 6.47. The molecule has 1 fully saturated rings. The lowest BCUT2D eigenvalue weighted by Gasteiger charge is -2.23. The van der Waals surface area contributed by atoms with Crippen molar-refractivity contribution in [2.75, 3.05) is 24.6 Å². The molecule has 18 heavy (non-hydrogen) atoms. The van der Waals surface area contributed by atoms with Crippen molar-refractivity contribution < 1.29 is 26.4 Å². The van der Waals surface area contributed by atoms with Crippen LogP contribution in [0.1, 0.15) is 12.8 Å². The average Bonchev–Trinajstić information content (AvgIpc) is 2.13. The van der Waals surface area contributed by atoms with Gasteiger partial charge in [0.25, 0.3) is 0 Å². The molecule has 0 saturated carbocycles. The summed E-state index contributed by atoms with van der Waals surface area (Å²) in [6.07, 6.45) is -3.37. The van der Waals surface area contributed by atoms with E-state index in [1.807, 2.05) is 5.32 Å². The Morgan fingerprint density at radius 3 is 2.56 bits per heavy atom. The zero-order valence-electron chi connectivity index (χ0n) is 9.59. The van der Waals surface area contributed by atoms with Gasteiger partial charge in [-0.2, -0.15) is 13.2 Å². The van der Waals surface area contributed by atoms with Gasteiger partial charge in [-0.25, -0.2) is 8.42 Å². The summed E-state index contributed by atoms with van der Waals surface area (Å²) in [4.78, 5) is 11.3. The number of amides is 1. The van der Waals surface area contributed by atoms with Gasteiger partial charge in [0.2, 0.25) is 5.91 Å². The minimum Gasteiger partial charge on any atom is -0.351 e. The maximum absolute atomic E-state index is 11.8. The summed E-state index contributed by atoms with van der Waals surface area (Å²) >= 11 is 0. The highest BCUT2D eigenvalue weighted by Crippen LogP contribution is 2.12. The molecule has 1 heterocycles. The third-order valence-corrected chi connectivity index (χ3v) is 4.26. The molecule has 1 saturated heterocycles. The van der Waals surface area contributed by atoms with Crippen LogP contribution >= 0.6 is 0 Å². The summed E-state index contributed by atoms with van der Waals surface area (Å²) in [6.45, 7) is -1.72. The van der Waals surface area contributed by atoms with Gasteiger partial charge in [0, 0.05) is 6.04 Å². The van der Waals surface area contributed by atoms with Crippen LogP contribution in [0.5, 0.6) is 0 Å². The monoisotopic (exact) mass is 288 g/mol. The Morgan fingerprint density at radius 2 is 2.00 bits per heavy atom. The minimum absolute atomic E-state index is 0.103. The first-order valence-corrected chi connectivity index (χ1v) is 7.27. The summed E-state index contributed by atoms with van der Waals surface area (Å²) in [6, 6.07) is -0.496. The van der Waals surface area contributed by atoms with Crippen LogP contribution in [0.3, 0.4) is 0 Å². The molecule has 0 aromatic carbocycles. The Bertz CT molecular complexity index is 394. The van der Waals surface area contributed by atoms with E-state index in [2.05, 4.69) is 5.32 Å². The van der Waals surface area contributed by atoms with Crippen LogP contribution in [0, 0.1) is 0 Å². The first kappa shape index (κ1) is 15.2. The molecule has 106 valence electrons. The third kappa shape index (κ3) is 6.20. The van der Waals surface area contributed by atoms with Crippen molar-refractivity contribution in [2.24, 2.45) is 0 Å². The van der Waals surface area contributed by atoms with Gasteiger partial charge >= 0.3 is 6.18 Å². The van der Waals surface area contributed by atoms with Crippen molar-refractivity contribution in [3.8, 4) is 0 Å². The summed E-state index contributed by atoms with van der Waals surface area (Å²) < 4.78 is 57.9. The van der Waals surface area contributed by atoms with E-state index in [0.717, 1.165) is 0 Å². The lowest BCUT2D eigenvalue weighted by atomic mass is 10.2. The molecule has 1 unspecified atom stereocenters. The molecule has 1 amide bonds. The Hall–Kier alpha value is -0.830. The quantitative estimate of drug-likeness (QED) is 0.753. The van der Waals surface area contributed by atoms with E-state index in [0.29, 0.717) is 12.8 Å². The zero-order valence-corrected chi connectivity index (χ0v) is 10.4. The highest BCUT2D eigenvalue weighted by molar-refractivity contribution is 7.91. The van der Waals surface area contributed by atoms with Crippen molar-refractivity contribution >= 4 is 15.7 Å². The zero-order chi connectivity index (χ0) is 13.8. The van der Waals surface area contributed by atoms with Gasteiger partial charge in [0.15, 0.2) is 9.84 Å². The molecule has 0 aromatic heterocycles. The average molecular weight is 288 g/mol. The number of hydrogen-bond donors (Lipinski definition) is 2. The Labute approximate surface area is 103 Å².